The van der Waals surface area contributed by atoms with Crippen LogP contribution in [0.2, 0.25) is 0 Å². The van der Waals surface area contributed by atoms with Gasteiger partial charge < -0.3 is 15.5 Å². The van der Waals surface area contributed by atoms with E-state index in [4.69, 9.17) is 0 Å². The lowest BCUT2D eigenvalue weighted by atomic mass is 9.96. The van der Waals surface area contributed by atoms with E-state index in [0.717, 1.165) is 18.5 Å². The number of halogens is 1. The van der Waals surface area contributed by atoms with Crippen LogP contribution in [-0.4, -0.2) is 49.6 Å². The second-order valence-corrected chi connectivity index (χ2v) is 8.82. The Morgan fingerprint density at radius 1 is 1.24 bits per heavy atom. The van der Waals surface area contributed by atoms with Crippen molar-refractivity contribution in [3.63, 3.8) is 0 Å². The molecule has 1 saturated heterocycles. The third-order valence-electron chi connectivity index (χ3n) is 6.04. The number of nitrogens with zero attached hydrogens (tertiary/aromatic N) is 2. The Bertz CT molecular complexity index is 628. The molecule has 25 heavy (non-hydrogen) atoms. The summed E-state index contributed by atoms with van der Waals surface area (Å²) in [4.78, 5) is 7.13. The molecule has 1 aromatic carbocycles. The van der Waals surface area contributed by atoms with E-state index >= 15 is 0 Å². The number of nitrogens with one attached hydrogen (secondary N) is 2. The summed E-state index contributed by atoms with van der Waals surface area (Å²) >= 11 is 3.60. The summed E-state index contributed by atoms with van der Waals surface area (Å²) in [5, 5.41) is 7.25. The van der Waals surface area contributed by atoms with Gasteiger partial charge in [0, 0.05) is 48.7 Å². The zero-order valence-electron chi connectivity index (χ0n) is 15.1. The molecule has 3 aliphatic rings. The predicted octanol–water partition coefficient (Wildman–Crippen LogP) is 3.27. The van der Waals surface area contributed by atoms with Gasteiger partial charge in [0.2, 0.25) is 0 Å². The summed E-state index contributed by atoms with van der Waals surface area (Å²) in [7, 11) is 1.88. The molecular weight excluding hydrogens is 376 g/mol. The van der Waals surface area contributed by atoms with Gasteiger partial charge in [-0.3, -0.25) is 4.99 Å². The van der Waals surface area contributed by atoms with E-state index in [9.17, 15) is 0 Å². The zero-order chi connectivity index (χ0) is 17.3. The molecule has 136 valence electrons. The molecule has 2 N–H and O–H groups in total. The Hall–Kier alpha value is -1.07. The fourth-order valence-electron chi connectivity index (χ4n) is 4.03. The van der Waals surface area contributed by atoms with Gasteiger partial charge in [-0.15, -0.1) is 0 Å². The monoisotopic (exact) mass is 404 g/mol. The van der Waals surface area contributed by atoms with Gasteiger partial charge in [-0.2, -0.15) is 0 Å². The van der Waals surface area contributed by atoms with Crippen LogP contribution in [-0.2, 0) is 5.41 Å². The molecule has 1 aliphatic heterocycles. The molecule has 0 amide bonds. The summed E-state index contributed by atoms with van der Waals surface area (Å²) in [5.74, 6) is 0.964. The molecule has 0 bridgehead atoms. The van der Waals surface area contributed by atoms with Crippen LogP contribution in [0.3, 0.4) is 0 Å². The number of guanidine groups is 1. The molecule has 1 heterocycles. The Labute approximate surface area is 159 Å². The number of piperidine rings is 1. The number of rotatable bonds is 5. The number of hydrogen-bond donors (Lipinski definition) is 2. The van der Waals surface area contributed by atoms with Crippen LogP contribution in [0, 0.1) is 0 Å². The third kappa shape index (κ3) is 4.20. The minimum absolute atomic E-state index is 0.288. The van der Waals surface area contributed by atoms with E-state index in [1.54, 1.807) is 0 Å². The maximum absolute atomic E-state index is 4.46. The molecule has 5 heteroatoms. The smallest absolute Gasteiger partial charge is 0.191 e. The number of hydrogen-bond acceptors (Lipinski definition) is 2. The van der Waals surface area contributed by atoms with Crippen LogP contribution < -0.4 is 10.6 Å². The average Bonchev–Trinajstić information content (AvgIpc) is 3.54. The zero-order valence-corrected chi connectivity index (χ0v) is 16.7. The van der Waals surface area contributed by atoms with Gasteiger partial charge >= 0.3 is 0 Å². The van der Waals surface area contributed by atoms with Crippen molar-refractivity contribution in [3.8, 4) is 0 Å². The van der Waals surface area contributed by atoms with E-state index in [0.29, 0.717) is 6.04 Å². The van der Waals surface area contributed by atoms with Crippen molar-refractivity contribution in [1.29, 1.82) is 0 Å². The molecule has 0 aromatic heterocycles. The lowest BCUT2D eigenvalue weighted by Crippen LogP contribution is -2.50. The Balaban J connectivity index is 1.28. The maximum atomic E-state index is 4.46. The lowest BCUT2D eigenvalue weighted by molar-refractivity contribution is 0.197. The van der Waals surface area contributed by atoms with Gasteiger partial charge in [0.1, 0.15) is 0 Å². The molecule has 0 unspecified atom stereocenters. The number of likely N-dealkylation sites (tertiary alicyclic amines) is 1. The number of benzene rings is 1. The van der Waals surface area contributed by atoms with Crippen molar-refractivity contribution in [3.05, 3.63) is 34.3 Å². The first-order valence-electron chi connectivity index (χ1n) is 9.66. The van der Waals surface area contributed by atoms with Crippen molar-refractivity contribution in [2.24, 2.45) is 4.99 Å². The van der Waals surface area contributed by atoms with Gasteiger partial charge in [-0.1, -0.05) is 28.1 Å². The fourth-order valence-corrected chi connectivity index (χ4v) is 4.43. The highest BCUT2D eigenvalue weighted by Crippen LogP contribution is 2.48. The Morgan fingerprint density at radius 3 is 2.60 bits per heavy atom. The van der Waals surface area contributed by atoms with Gasteiger partial charge in [-0.05, 0) is 56.2 Å². The van der Waals surface area contributed by atoms with Crippen molar-refractivity contribution in [2.75, 3.05) is 26.7 Å². The highest BCUT2D eigenvalue weighted by Gasteiger charge is 2.44. The van der Waals surface area contributed by atoms with Gasteiger partial charge in [-0.25, -0.2) is 0 Å². The Kier molecular flexibility index (Phi) is 5.05. The normalized spacial score (nSPS) is 24.2. The van der Waals surface area contributed by atoms with Crippen LogP contribution in [0.1, 0.15) is 44.1 Å². The van der Waals surface area contributed by atoms with Crippen LogP contribution in [0.5, 0.6) is 0 Å². The number of aliphatic imine (C=N–C) groups is 1. The molecule has 0 atom stereocenters. The largest absolute Gasteiger partial charge is 0.356 e. The quantitative estimate of drug-likeness (QED) is 0.584. The molecule has 0 radical (unpaired) electrons. The minimum Gasteiger partial charge on any atom is -0.356 e. The predicted molar refractivity (Wildman–Crippen MR) is 107 cm³/mol. The van der Waals surface area contributed by atoms with Crippen molar-refractivity contribution in [1.82, 2.24) is 15.5 Å². The first-order valence-corrected chi connectivity index (χ1v) is 10.5. The van der Waals surface area contributed by atoms with E-state index in [-0.39, 0.29) is 5.41 Å². The van der Waals surface area contributed by atoms with Crippen LogP contribution in [0.25, 0.3) is 0 Å². The van der Waals surface area contributed by atoms with Crippen LogP contribution >= 0.6 is 15.9 Å². The van der Waals surface area contributed by atoms with E-state index in [1.165, 1.54) is 61.7 Å². The summed E-state index contributed by atoms with van der Waals surface area (Å²) in [6, 6.07) is 10.2. The molecular formula is C20H29BrN4. The summed E-state index contributed by atoms with van der Waals surface area (Å²) in [6.07, 6.45) is 7.81. The van der Waals surface area contributed by atoms with Gasteiger partial charge in [0.15, 0.2) is 5.96 Å². The van der Waals surface area contributed by atoms with Crippen LogP contribution in [0.15, 0.2) is 33.7 Å². The topological polar surface area (TPSA) is 39.7 Å². The average molecular weight is 405 g/mol. The molecule has 2 saturated carbocycles. The van der Waals surface area contributed by atoms with Gasteiger partial charge in [0.05, 0.1) is 0 Å². The highest BCUT2D eigenvalue weighted by molar-refractivity contribution is 9.10. The lowest BCUT2D eigenvalue weighted by Gasteiger charge is -2.33. The standard InChI is InChI=1S/C20H29BrN4/c1-22-19(24-17-7-11-25(12-8-17)18-5-6-18)23-14-20(9-10-20)15-3-2-4-16(21)13-15/h2-4,13,17-18H,5-12,14H2,1H3,(H2,22,23,24). The SMILES string of the molecule is CN=C(NCC1(c2cccc(Br)c2)CC1)NC1CCN(C2CC2)CC1. The molecule has 4 nitrogen and oxygen atoms in total. The highest BCUT2D eigenvalue weighted by atomic mass is 79.9. The van der Waals surface area contributed by atoms with Crippen molar-refractivity contribution < 1.29 is 0 Å². The summed E-state index contributed by atoms with van der Waals surface area (Å²) < 4.78 is 1.17. The first kappa shape index (κ1) is 17.3. The molecule has 1 aromatic rings. The maximum Gasteiger partial charge on any atom is 0.191 e. The second kappa shape index (κ2) is 7.28. The fraction of sp³-hybridized carbons (Fsp3) is 0.650. The summed E-state index contributed by atoms with van der Waals surface area (Å²) in [5.41, 5.74) is 1.72. The van der Waals surface area contributed by atoms with Crippen molar-refractivity contribution >= 4 is 21.9 Å². The Morgan fingerprint density at radius 2 is 2.00 bits per heavy atom. The minimum atomic E-state index is 0.288. The first-order chi connectivity index (χ1) is 12.2. The second-order valence-electron chi connectivity index (χ2n) is 7.90. The van der Waals surface area contributed by atoms with E-state index in [2.05, 4.69) is 60.7 Å². The third-order valence-corrected chi connectivity index (χ3v) is 6.54. The van der Waals surface area contributed by atoms with E-state index in [1.807, 2.05) is 7.05 Å². The molecule has 4 rings (SSSR count). The molecule has 0 spiro atoms. The summed E-state index contributed by atoms with van der Waals surface area (Å²) in [6.45, 7) is 3.44. The van der Waals surface area contributed by atoms with Crippen LogP contribution in [0.4, 0.5) is 0 Å². The molecule has 2 aliphatic carbocycles. The van der Waals surface area contributed by atoms with E-state index < -0.39 is 0 Å². The van der Waals surface area contributed by atoms with Crippen molar-refractivity contribution in [2.45, 2.75) is 56.0 Å². The van der Waals surface area contributed by atoms with Gasteiger partial charge in [0.25, 0.3) is 0 Å². The molecule has 3 fully saturated rings.